The SMILES string of the molecule is O=C(NCc1ccc(COC(F)F)cc1)[C@H]1CN(c2nc3cn[nH]c(=O)c3s2)CCN1S(=O)(=O)c1ccc(OC(F)(F)F)cc1. The molecule has 45 heavy (non-hydrogen) atoms. The third-order valence-electron chi connectivity index (χ3n) is 6.64. The van der Waals surface area contributed by atoms with E-state index in [9.17, 15) is 40.0 Å². The van der Waals surface area contributed by atoms with Crippen molar-refractivity contribution in [2.24, 2.45) is 0 Å². The van der Waals surface area contributed by atoms with E-state index in [1.807, 2.05) is 0 Å². The number of sulfonamides is 1. The maximum absolute atomic E-state index is 13.7. The summed E-state index contributed by atoms with van der Waals surface area (Å²) in [5.41, 5.74) is 0.918. The summed E-state index contributed by atoms with van der Waals surface area (Å²) in [5.74, 6) is -1.31. The average Bonchev–Trinajstić information content (AvgIpc) is 3.44. The van der Waals surface area contributed by atoms with Gasteiger partial charge in [-0.2, -0.15) is 18.2 Å². The molecule has 1 aliphatic heterocycles. The number of fused-ring (bicyclic) bond motifs is 1. The Hall–Kier alpha value is -4.20. The van der Waals surface area contributed by atoms with Gasteiger partial charge in [-0.05, 0) is 35.4 Å². The Kier molecular flexibility index (Phi) is 9.33. The normalized spacial score (nSPS) is 16.3. The van der Waals surface area contributed by atoms with Crippen LogP contribution in [0.1, 0.15) is 11.1 Å². The maximum atomic E-state index is 13.7. The number of aromatic amines is 1. The molecule has 3 heterocycles. The lowest BCUT2D eigenvalue weighted by molar-refractivity contribution is -0.274. The van der Waals surface area contributed by atoms with Gasteiger partial charge in [-0.1, -0.05) is 35.6 Å². The Balaban J connectivity index is 1.38. The second-order valence-electron chi connectivity index (χ2n) is 9.61. The number of aromatic nitrogens is 3. The molecule has 2 aromatic heterocycles. The fraction of sp³-hybridized carbons (Fsp3) is 0.308. The lowest BCUT2D eigenvalue weighted by Crippen LogP contribution is -2.60. The molecule has 2 N–H and O–H groups in total. The molecule has 2 aromatic carbocycles. The van der Waals surface area contributed by atoms with Crippen LogP contribution >= 0.6 is 11.3 Å². The van der Waals surface area contributed by atoms with Crippen molar-refractivity contribution in [3.05, 3.63) is 76.2 Å². The minimum absolute atomic E-state index is 0.0368. The number of carbonyl (C=O) groups is 1. The van der Waals surface area contributed by atoms with Crippen LogP contribution in [0.15, 0.2) is 64.4 Å². The van der Waals surface area contributed by atoms with Gasteiger partial charge < -0.3 is 19.7 Å². The number of anilines is 1. The van der Waals surface area contributed by atoms with E-state index in [2.05, 4.69) is 30.0 Å². The minimum atomic E-state index is -4.97. The van der Waals surface area contributed by atoms with Crippen LogP contribution in [0.4, 0.5) is 27.1 Å². The highest BCUT2D eigenvalue weighted by Gasteiger charge is 2.41. The summed E-state index contributed by atoms with van der Waals surface area (Å²) in [5, 5.41) is 9.07. The highest BCUT2D eigenvalue weighted by molar-refractivity contribution is 7.89. The van der Waals surface area contributed by atoms with Gasteiger partial charge in [0, 0.05) is 26.2 Å². The van der Waals surface area contributed by atoms with Crippen LogP contribution in [-0.4, -0.2) is 72.5 Å². The summed E-state index contributed by atoms with van der Waals surface area (Å²) in [7, 11) is -4.40. The number of amides is 1. The van der Waals surface area contributed by atoms with Crippen molar-refractivity contribution in [3.63, 3.8) is 0 Å². The number of nitrogens with one attached hydrogen (secondary N) is 2. The van der Waals surface area contributed by atoms with Crippen molar-refractivity contribution in [1.29, 1.82) is 0 Å². The minimum Gasteiger partial charge on any atom is -0.406 e. The summed E-state index contributed by atoms with van der Waals surface area (Å²) in [6.07, 6.45) is -3.61. The van der Waals surface area contributed by atoms with Gasteiger partial charge in [0.2, 0.25) is 15.9 Å². The molecule has 1 amide bonds. The Labute approximate surface area is 255 Å². The molecule has 4 aromatic rings. The summed E-state index contributed by atoms with van der Waals surface area (Å²) in [4.78, 5) is 31.4. The van der Waals surface area contributed by atoms with Gasteiger partial charge in [0.15, 0.2) is 5.13 Å². The predicted molar refractivity (Wildman–Crippen MR) is 150 cm³/mol. The van der Waals surface area contributed by atoms with Crippen molar-refractivity contribution in [2.45, 2.75) is 37.1 Å². The number of H-pyrrole nitrogens is 1. The quantitative estimate of drug-likeness (QED) is 0.242. The largest absolute Gasteiger partial charge is 0.573 e. The van der Waals surface area contributed by atoms with Crippen molar-refractivity contribution in [2.75, 3.05) is 24.5 Å². The molecular formula is C26H23F5N6O6S2. The Morgan fingerprint density at radius 1 is 1.09 bits per heavy atom. The molecule has 1 saturated heterocycles. The lowest BCUT2D eigenvalue weighted by Gasteiger charge is -2.39. The van der Waals surface area contributed by atoms with Gasteiger partial charge in [-0.25, -0.2) is 18.5 Å². The first-order valence-electron chi connectivity index (χ1n) is 13.0. The Morgan fingerprint density at radius 3 is 2.42 bits per heavy atom. The second kappa shape index (κ2) is 13.0. The van der Waals surface area contributed by atoms with E-state index in [4.69, 9.17) is 0 Å². The molecule has 240 valence electrons. The first-order chi connectivity index (χ1) is 21.3. The van der Waals surface area contributed by atoms with Crippen molar-refractivity contribution in [3.8, 4) is 5.75 Å². The number of piperazine rings is 1. The molecule has 0 unspecified atom stereocenters. The van der Waals surface area contributed by atoms with E-state index in [1.165, 1.54) is 6.20 Å². The van der Waals surface area contributed by atoms with Crippen LogP contribution in [0, 0.1) is 0 Å². The van der Waals surface area contributed by atoms with Crippen LogP contribution in [0.25, 0.3) is 10.2 Å². The number of rotatable bonds is 10. The van der Waals surface area contributed by atoms with E-state index in [-0.39, 0.29) is 37.7 Å². The topological polar surface area (TPSA) is 147 Å². The number of ether oxygens (including phenoxy) is 2. The molecule has 0 saturated carbocycles. The maximum Gasteiger partial charge on any atom is 0.573 e. The lowest BCUT2D eigenvalue weighted by atomic mass is 10.1. The zero-order chi connectivity index (χ0) is 32.4. The van der Waals surface area contributed by atoms with Gasteiger partial charge in [0.25, 0.3) is 5.56 Å². The molecule has 0 aliphatic carbocycles. The number of thiazole rings is 1. The van der Waals surface area contributed by atoms with Crippen LogP contribution in [-0.2, 0) is 32.7 Å². The van der Waals surface area contributed by atoms with Crippen LogP contribution in [0.2, 0.25) is 0 Å². The van der Waals surface area contributed by atoms with Gasteiger partial charge in [-0.15, -0.1) is 13.2 Å². The summed E-state index contributed by atoms with van der Waals surface area (Å²) in [6.45, 7) is -3.58. The van der Waals surface area contributed by atoms with Crippen molar-refractivity contribution in [1.82, 2.24) is 24.8 Å². The highest BCUT2D eigenvalue weighted by atomic mass is 32.2. The molecule has 12 nitrogen and oxygen atoms in total. The van der Waals surface area contributed by atoms with Gasteiger partial charge in [0.1, 0.15) is 22.0 Å². The van der Waals surface area contributed by atoms with E-state index in [1.54, 1.807) is 29.2 Å². The van der Waals surface area contributed by atoms with E-state index in [0.29, 0.717) is 26.5 Å². The van der Waals surface area contributed by atoms with Crippen LogP contribution in [0.3, 0.4) is 0 Å². The molecular weight excluding hydrogens is 651 g/mol. The van der Waals surface area contributed by atoms with Crippen molar-refractivity contribution >= 4 is 42.6 Å². The average molecular weight is 675 g/mol. The third kappa shape index (κ3) is 7.72. The smallest absolute Gasteiger partial charge is 0.406 e. The van der Waals surface area contributed by atoms with Crippen LogP contribution < -0.4 is 20.5 Å². The number of hydrogen-bond donors (Lipinski definition) is 2. The monoisotopic (exact) mass is 674 g/mol. The van der Waals surface area contributed by atoms with Gasteiger partial charge in [0.05, 0.1) is 17.7 Å². The van der Waals surface area contributed by atoms with Gasteiger partial charge in [-0.3, -0.25) is 9.59 Å². The number of alkyl halides is 5. The zero-order valence-corrected chi connectivity index (χ0v) is 24.5. The molecule has 5 rings (SSSR count). The highest BCUT2D eigenvalue weighted by Crippen LogP contribution is 2.31. The molecule has 1 atom stereocenters. The van der Waals surface area contributed by atoms with E-state index in [0.717, 1.165) is 39.9 Å². The van der Waals surface area contributed by atoms with Crippen molar-refractivity contribution < 1.29 is 44.6 Å². The number of halogens is 5. The summed E-state index contributed by atoms with van der Waals surface area (Å²) >= 11 is 1.04. The first-order valence-corrected chi connectivity index (χ1v) is 15.3. The number of carbonyl (C=O) groups excluding carboxylic acids is 1. The molecule has 0 radical (unpaired) electrons. The fourth-order valence-electron chi connectivity index (χ4n) is 4.52. The molecule has 19 heteroatoms. The van der Waals surface area contributed by atoms with Gasteiger partial charge >= 0.3 is 13.0 Å². The Morgan fingerprint density at radius 2 is 1.78 bits per heavy atom. The number of benzene rings is 2. The number of hydrogen-bond acceptors (Lipinski definition) is 10. The Bertz CT molecular complexity index is 1820. The predicted octanol–water partition coefficient (Wildman–Crippen LogP) is 3.21. The standard InChI is InChI=1S/C26H23F5N6O6S2/c27-24(28)42-14-16-3-1-15(2-4-16)11-32-22(38)20-13-36(25-34-19-12-33-35-23(39)21(19)44-25)9-10-37(20)45(40,41)18-7-5-17(6-8-18)43-26(29,30)31/h1-8,12,20,24H,9-11,13-14H2,(H,32,38)(H,35,39)/t20-/m1/s1. The third-order valence-corrected chi connectivity index (χ3v) is 9.69. The summed E-state index contributed by atoms with van der Waals surface area (Å²) < 4.78 is 99.1. The van der Waals surface area contributed by atoms with E-state index >= 15 is 0 Å². The summed E-state index contributed by atoms with van der Waals surface area (Å²) in [6, 6.07) is 8.54. The molecule has 1 fully saturated rings. The first kappa shape index (κ1) is 32.2. The molecule has 1 aliphatic rings. The fourth-order valence-corrected chi connectivity index (χ4v) is 7.05. The van der Waals surface area contributed by atoms with E-state index < -0.39 is 46.3 Å². The second-order valence-corrected chi connectivity index (χ2v) is 12.5. The molecule has 0 bridgehead atoms. The number of nitrogens with zero attached hydrogens (tertiary/aromatic N) is 4. The van der Waals surface area contributed by atoms with Crippen LogP contribution in [0.5, 0.6) is 5.75 Å². The zero-order valence-electron chi connectivity index (χ0n) is 22.8. The molecule has 0 spiro atoms.